The molecular formula is C18H19N5O2. The number of anilines is 2. The fraction of sp³-hybridized carbons (Fsp3) is 0.278. The van der Waals surface area contributed by atoms with Gasteiger partial charge in [-0.25, -0.2) is 4.40 Å². The highest BCUT2D eigenvalue weighted by molar-refractivity contribution is 5.66. The van der Waals surface area contributed by atoms with Gasteiger partial charge in [0.2, 0.25) is 5.78 Å². The smallest absolute Gasteiger partial charge is 0.300 e. The number of hydrogen-bond donors (Lipinski definition) is 2. The summed E-state index contributed by atoms with van der Waals surface area (Å²) >= 11 is 0. The van der Waals surface area contributed by atoms with E-state index in [0.717, 1.165) is 37.9 Å². The van der Waals surface area contributed by atoms with Gasteiger partial charge in [0.1, 0.15) is 16.9 Å². The molecule has 7 nitrogen and oxygen atoms in total. The number of piperidine rings is 1. The van der Waals surface area contributed by atoms with E-state index < -0.39 is 5.56 Å². The van der Waals surface area contributed by atoms with Crippen LogP contribution in [0.1, 0.15) is 24.8 Å². The van der Waals surface area contributed by atoms with Gasteiger partial charge in [0, 0.05) is 13.1 Å². The van der Waals surface area contributed by atoms with Crippen molar-refractivity contribution in [1.82, 2.24) is 14.4 Å². The standard InChI is InChI=1S/C18H19N5O2/c19-15-14(22-9-5-2-6-10-22)16(24)21-18-20-13(17(25)23(15)18)11-12-7-3-1-4-8-12/h1,3-4,7-8,11H,2,5-6,9-10,19H2,(H,20,21,24)/b13-11+. The number of benzene rings is 1. The van der Waals surface area contributed by atoms with Crippen LogP contribution in [0, 0.1) is 0 Å². The molecule has 0 aliphatic carbocycles. The van der Waals surface area contributed by atoms with Crippen LogP contribution in [0.2, 0.25) is 0 Å². The average molecular weight is 337 g/mol. The lowest BCUT2D eigenvalue weighted by Crippen LogP contribution is -2.36. The van der Waals surface area contributed by atoms with E-state index in [0.29, 0.717) is 11.0 Å². The van der Waals surface area contributed by atoms with Crippen LogP contribution in [-0.4, -0.2) is 27.5 Å². The monoisotopic (exact) mass is 337 g/mol. The predicted molar refractivity (Wildman–Crippen MR) is 97.8 cm³/mol. The van der Waals surface area contributed by atoms with E-state index in [9.17, 15) is 9.59 Å². The first-order valence-electron chi connectivity index (χ1n) is 8.41. The van der Waals surface area contributed by atoms with Crippen molar-refractivity contribution in [3.8, 4) is 0 Å². The number of aromatic nitrogens is 3. The number of nitrogens with two attached hydrogens (primary N) is 1. The lowest BCUT2D eigenvalue weighted by Gasteiger charge is -2.28. The summed E-state index contributed by atoms with van der Waals surface area (Å²) in [5.74, 6) is 0.335. The molecular weight excluding hydrogens is 318 g/mol. The Morgan fingerprint density at radius 3 is 2.52 bits per heavy atom. The highest BCUT2D eigenvalue weighted by Gasteiger charge is 2.21. The van der Waals surface area contributed by atoms with Crippen molar-refractivity contribution in [1.29, 1.82) is 0 Å². The molecule has 0 atom stereocenters. The van der Waals surface area contributed by atoms with Crippen molar-refractivity contribution < 1.29 is 0 Å². The van der Waals surface area contributed by atoms with E-state index in [1.165, 1.54) is 4.40 Å². The maximum Gasteiger partial charge on any atom is 0.300 e. The molecule has 0 unspecified atom stereocenters. The van der Waals surface area contributed by atoms with Gasteiger partial charge < -0.3 is 15.6 Å². The molecule has 3 aromatic rings. The van der Waals surface area contributed by atoms with Gasteiger partial charge in [-0.3, -0.25) is 9.59 Å². The summed E-state index contributed by atoms with van der Waals surface area (Å²) in [6.45, 7) is 1.52. The van der Waals surface area contributed by atoms with Crippen LogP contribution >= 0.6 is 0 Å². The molecule has 3 N–H and O–H groups in total. The minimum atomic E-state index is -0.396. The SMILES string of the molecule is Nc1c(N2CCCCC2)c(=O)nc2[nH]/c(=C/c3ccccc3)c(=O)n12. The third-order valence-electron chi connectivity index (χ3n) is 4.57. The summed E-state index contributed by atoms with van der Waals surface area (Å²) in [4.78, 5) is 34.1. The van der Waals surface area contributed by atoms with Crippen LogP contribution in [0.4, 0.5) is 11.5 Å². The lowest BCUT2D eigenvalue weighted by atomic mass is 10.1. The molecule has 2 aromatic heterocycles. The molecule has 128 valence electrons. The van der Waals surface area contributed by atoms with Gasteiger partial charge in [0.15, 0.2) is 0 Å². The zero-order chi connectivity index (χ0) is 17.4. The van der Waals surface area contributed by atoms with E-state index in [4.69, 9.17) is 5.73 Å². The topological polar surface area (TPSA) is 96.5 Å². The van der Waals surface area contributed by atoms with E-state index in [-0.39, 0.29) is 17.2 Å². The van der Waals surface area contributed by atoms with Crippen LogP contribution in [0.5, 0.6) is 0 Å². The lowest BCUT2D eigenvalue weighted by molar-refractivity contribution is 0.576. The Labute approximate surface area is 143 Å². The number of fused-ring (bicyclic) bond motifs is 1. The van der Waals surface area contributed by atoms with E-state index >= 15 is 0 Å². The molecule has 0 saturated carbocycles. The van der Waals surface area contributed by atoms with Crippen molar-refractivity contribution in [3.63, 3.8) is 0 Å². The number of nitrogens with one attached hydrogen (secondary N) is 1. The highest BCUT2D eigenvalue weighted by atomic mass is 16.1. The summed E-state index contributed by atoms with van der Waals surface area (Å²) in [6, 6.07) is 9.48. The van der Waals surface area contributed by atoms with Gasteiger partial charge in [-0.05, 0) is 30.9 Å². The molecule has 0 radical (unpaired) electrons. The molecule has 1 aliphatic heterocycles. The highest BCUT2D eigenvalue weighted by Crippen LogP contribution is 2.21. The van der Waals surface area contributed by atoms with Crippen LogP contribution in [0.15, 0.2) is 39.9 Å². The molecule has 1 saturated heterocycles. The first-order valence-corrected chi connectivity index (χ1v) is 8.41. The Bertz CT molecular complexity index is 1080. The zero-order valence-corrected chi connectivity index (χ0v) is 13.7. The summed E-state index contributed by atoms with van der Waals surface area (Å²) < 4.78 is 1.29. The van der Waals surface area contributed by atoms with Crippen LogP contribution in [0.25, 0.3) is 11.9 Å². The minimum Gasteiger partial charge on any atom is -0.383 e. The number of aromatic amines is 1. The molecule has 3 heterocycles. The summed E-state index contributed by atoms with van der Waals surface area (Å²) in [5, 5.41) is 0.348. The fourth-order valence-corrected chi connectivity index (χ4v) is 3.34. The number of hydrogen-bond acceptors (Lipinski definition) is 5. The molecule has 1 fully saturated rings. The van der Waals surface area contributed by atoms with Crippen LogP contribution in [-0.2, 0) is 0 Å². The van der Waals surface area contributed by atoms with Crippen molar-refractivity contribution >= 4 is 23.4 Å². The largest absolute Gasteiger partial charge is 0.383 e. The Morgan fingerprint density at radius 2 is 1.80 bits per heavy atom. The quantitative estimate of drug-likeness (QED) is 0.710. The molecule has 25 heavy (non-hydrogen) atoms. The van der Waals surface area contributed by atoms with Gasteiger partial charge in [0.25, 0.3) is 11.1 Å². The Balaban J connectivity index is 1.93. The molecule has 0 bridgehead atoms. The maximum absolute atomic E-state index is 12.8. The van der Waals surface area contributed by atoms with Gasteiger partial charge in [-0.15, -0.1) is 0 Å². The van der Waals surface area contributed by atoms with Gasteiger partial charge in [-0.2, -0.15) is 4.98 Å². The van der Waals surface area contributed by atoms with E-state index in [2.05, 4.69) is 9.97 Å². The third-order valence-corrected chi connectivity index (χ3v) is 4.57. The first kappa shape index (κ1) is 15.4. The summed E-state index contributed by atoms with van der Waals surface area (Å²) in [6.07, 6.45) is 4.88. The number of rotatable bonds is 2. The molecule has 4 rings (SSSR count). The molecule has 0 amide bonds. The van der Waals surface area contributed by atoms with Gasteiger partial charge >= 0.3 is 0 Å². The third kappa shape index (κ3) is 2.67. The molecule has 0 spiro atoms. The number of imidazole rings is 1. The minimum absolute atomic E-state index is 0.158. The Morgan fingerprint density at radius 1 is 1.08 bits per heavy atom. The second-order valence-electron chi connectivity index (χ2n) is 6.26. The molecule has 1 aliphatic rings. The van der Waals surface area contributed by atoms with E-state index in [1.807, 2.05) is 35.2 Å². The first-order chi connectivity index (χ1) is 12.1. The maximum atomic E-state index is 12.8. The summed E-state index contributed by atoms with van der Waals surface area (Å²) in [7, 11) is 0. The van der Waals surface area contributed by atoms with Crippen molar-refractivity contribution in [2.75, 3.05) is 23.7 Å². The van der Waals surface area contributed by atoms with Crippen molar-refractivity contribution in [2.24, 2.45) is 0 Å². The Hall–Kier alpha value is -3.09. The number of nitrogen functional groups attached to an aromatic ring is 1. The Kier molecular flexibility index (Phi) is 3.76. The predicted octanol–water partition coefficient (Wildman–Crippen LogP) is 0.503. The van der Waals surface area contributed by atoms with Crippen molar-refractivity contribution in [3.05, 3.63) is 62.0 Å². The van der Waals surface area contributed by atoms with Gasteiger partial charge in [-0.1, -0.05) is 30.3 Å². The van der Waals surface area contributed by atoms with Gasteiger partial charge in [0.05, 0.1) is 0 Å². The average Bonchev–Trinajstić information content (AvgIpc) is 2.92. The normalized spacial score (nSPS) is 15.8. The fourth-order valence-electron chi connectivity index (χ4n) is 3.34. The number of nitrogens with zero attached hydrogens (tertiary/aromatic N) is 3. The number of H-pyrrole nitrogens is 1. The molecule has 7 heteroatoms. The second kappa shape index (κ2) is 6.08. The second-order valence-corrected chi connectivity index (χ2v) is 6.26. The molecule has 1 aromatic carbocycles. The summed E-state index contributed by atoms with van der Waals surface area (Å²) in [5.41, 5.74) is 6.72. The van der Waals surface area contributed by atoms with Crippen molar-refractivity contribution in [2.45, 2.75) is 19.3 Å². The van der Waals surface area contributed by atoms with Crippen LogP contribution in [0.3, 0.4) is 0 Å². The zero-order valence-electron chi connectivity index (χ0n) is 13.7. The van der Waals surface area contributed by atoms with E-state index in [1.54, 1.807) is 6.08 Å². The van der Waals surface area contributed by atoms with Crippen LogP contribution < -0.4 is 27.1 Å².